The van der Waals surface area contributed by atoms with Crippen LogP contribution in [-0.2, 0) is 0 Å². The highest BCUT2D eigenvalue weighted by atomic mass is 19.1. The van der Waals surface area contributed by atoms with Gasteiger partial charge in [-0.1, -0.05) is 0 Å². The van der Waals surface area contributed by atoms with Crippen molar-refractivity contribution in [3.8, 4) is 0 Å². The second kappa shape index (κ2) is 4.01. The van der Waals surface area contributed by atoms with Gasteiger partial charge in [0, 0.05) is 0 Å². The summed E-state index contributed by atoms with van der Waals surface area (Å²) in [5, 5.41) is 0. The summed E-state index contributed by atoms with van der Waals surface area (Å²) < 4.78 is 28.1. The molecule has 1 unspecified atom stereocenters. The number of rotatable bonds is 2. The van der Waals surface area contributed by atoms with E-state index in [9.17, 15) is 8.78 Å². The van der Waals surface area contributed by atoms with Gasteiger partial charge in [-0.3, -0.25) is 0 Å². The van der Waals surface area contributed by atoms with Crippen LogP contribution in [0.5, 0.6) is 0 Å². The van der Waals surface area contributed by atoms with Gasteiger partial charge in [-0.15, -0.1) is 0 Å². The highest BCUT2D eigenvalue weighted by Gasteiger charge is 2.28. The molecule has 0 fully saturated rings. The Morgan fingerprint density at radius 1 is 1.39 bits per heavy atom. The lowest BCUT2D eigenvalue weighted by Gasteiger charge is -2.11. The number of nitrogens with two attached hydrogens (primary N) is 1. The third-order valence-corrected chi connectivity index (χ3v) is 3.23. The molecule has 0 radical (unpaired) electrons. The maximum atomic E-state index is 14.0. The van der Waals surface area contributed by atoms with E-state index >= 15 is 0 Å². The number of imidazole rings is 1. The zero-order valence-electron chi connectivity index (χ0n) is 9.48. The molecule has 1 aliphatic rings. The van der Waals surface area contributed by atoms with E-state index in [0.717, 1.165) is 0 Å². The van der Waals surface area contributed by atoms with Crippen molar-refractivity contribution in [1.29, 1.82) is 0 Å². The number of fused-ring (bicyclic) bond motifs is 1. The van der Waals surface area contributed by atoms with Crippen LogP contribution in [0.15, 0.2) is 24.1 Å². The Kier molecular flexibility index (Phi) is 2.46. The summed E-state index contributed by atoms with van der Waals surface area (Å²) in [6, 6.07) is -0.532. The largest absolute Gasteiger partial charge is 0.382 e. The number of nitrogen functional groups attached to an aromatic ring is 1. The number of hydrogen-bond donors (Lipinski definition) is 1. The molecule has 0 aliphatic heterocycles. The van der Waals surface area contributed by atoms with Gasteiger partial charge in [0.25, 0.3) is 0 Å². The third kappa shape index (κ3) is 1.47. The normalized spacial score (nSPS) is 20.0. The Labute approximate surface area is 101 Å². The quantitative estimate of drug-likeness (QED) is 0.885. The van der Waals surface area contributed by atoms with E-state index in [4.69, 9.17) is 5.73 Å². The van der Waals surface area contributed by atoms with E-state index in [1.54, 1.807) is 4.57 Å². The summed E-state index contributed by atoms with van der Waals surface area (Å²) in [5.41, 5.74) is 6.81. The molecule has 2 heterocycles. The number of allylic oxidation sites excluding steroid dienone is 2. The first-order chi connectivity index (χ1) is 8.72. The maximum Gasteiger partial charge on any atom is 0.166 e. The molecule has 1 aliphatic carbocycles. The first kappa shape index (κ1) is 11.1. The monoisotopic (exact) mass is 251 g/mol. The van der Waals surface area contributed by atoms with E-state index in [-0.39, 0.29) is 11.4 Å². The molecule has 0 aromatic carbocycles. The van der Waals surface area contributed by atoms with Crippen LogP contribution >= 0.6 is 0 Å². The number of anilines is 1. The summed E-state index contributed by atoms with van der Waals surface area (Å²) in [6.07, 6.45) is 3.72. The molecule has 5 nitrogen and oxygen atoms in total. The number of alkyl halides is 1. The summed E-state index contributed by atoms with van der Waals surface area (Å²) in [6.45, 7) is -0.744. The standard InChI is InChI=1S/C11H11F2N5/c12-3-6-1-2-7(8(6)13)18-5-17-9-10(14)15-4-16-11(9)18/h4-5,7H,1-3H2,(H2,14,15,16). The van der Waals surface area contributed by atoms with E-state index in [2.05, 4.69) is 15.0 Å². The molecule has 2 aromatic heterocycles. The Balaban J connectivity index is 2.11. The molecule has 0 bridgehead atoms. The molecular formula is C11H11F2N5. The lowest BCUT2D eigenvalue weighted by Crippen LogP contribution is -2.06. The first-order valence-electron chi connectivity index (χ1n) is 5.58. The van der Waals surface area contributed by atoms with Gasteiger partial charge in [0.15, 0.2) is 11.5 Å². The summed E-state index contributed by atoms with van der Waals surface area (Å²) >= 11 is 0. The number of halogens is 2. The highest BCUT2D eigenvalue weighted by molar-refractivity contribution is 5.81. The van der Waals surface area contributed by atoms with Gasteiger partial charge in [0.1, 0.15) is 24.3 Å². The van der Waals surface area contributed by atoms with Gasteiger partial charge in [-0.2, -0.15) is 0 Å². The number of aromatic nitrogens is 4. The minimum atomic E-state index is -0.744. The zero-order chi connectivity index (χ0) is 12.7. The molecule has 2 N–H and O–H groups in total. The Bertz CT molecular complexity index is 633. The van der Waals surface area contributed by atoms with E-state index in [1.807, 2.05) is 0 Å². The van der Waals surface area contributed by atoms with Crippen LogP contribution in [0.4, 0.5) is 14.6 Å². The average Bonchev–Trinajstić information content (AvgIpc) is 2.93. The molecule has 94 valence electrons. The molecular weight excluding hydrogens is 240 g/mol. The summed E-state index contributed by atoms with van der Waals surface area (Å²) in [5.74, 6) is -0.166. The third-order valence-electron chi connectivity index (χ3n) is 3.23. The van der Waals surface area contributed by atoms with Gasteiger partial charge < -0.3 is 10.3 Å². The molecule has 0 amide bonds. The van der Waals surface area contributed by atoms with Gasteiger partial charge in [-0.05, 0) is 18.4 Å². The molecule has 18 heavy (non-hydrogen) atoms. The van der Waals surface area contributed by atoms with Gasteiger partial charge >= 0.3 is 0 Å². The van der Waals surface area contributed by atoms with Crippen molar-refractivity contribution in [2.45, 2.75) is 18.9 Å². The number of nitrogens with zero attached hydrogens (tertiary/aromatic N) is 4. The van der Waals surface area contributed by atoms with Crippen LogP contribution in [0, 0.1) is 0 Å². The summed E-state index contributed by atoms with van der Waals surface area (Å²) in [4.78, 5) is 12.0. The van der Waals surface area contributed by atoms with Gasteiger partial charge in [-0.25, -0.2) is 23.7 Å². The van der Waals surface area contributed by atoms with Gasteiger partial charge in [0.05, 0.1) is 12.4 Å². The second-order valence-electron chi connectivity index (χ2n) is 4.22. The topological polar surface area (TPSA) is 69.6 Å². The zero-order valence-corrected chi connectivity index (χ0v) is 9.48. The van der Waals surface area contributed by atoms with Crippen molar-refractivity contribution in [3.05, 3.63) is 24.1 Å². The van der Waals surface area contributed by atoms with Crippen molar-refractivity contribution in [2.24, 2.45) is 0 Å². The van der Waals surface area contributed by atoms with Crippen molar-refractivity contribution >= 4 is 17.0 Å². The van der Waals surface area contributed by atoms with Crippen molar-refractivity contribution in [2.75, 3.05) is 12.4 Å². The lowest BCUT2D eigenvalue weighted by atomic mass is 10.2. The van der Waals surface area contributed by atoms with E-state index in [1.165, 1.54) is 12.7 Å². The molecule has 0 saturated carbocycles. The molecule has 2 aromatic rings. The minimum absolute atomic E-state index is 0.226. The molecule has 0 spiro atoms. The van der Waals surface area contributed by atoms with Crippen LogP contribution in [-0.4, -0.2) is 26.2 Å². The Morgan fingerprint density at radius 2 is 2.22 bits per heavy atom. The number of hydrogen-bond acceptors (Lipinski definition) is 4. The van der Waals surface area contributed by atoms with Crippen LogP contribution in [0.2, 0.25) is 0 Å². The minimum Gasteiger partial charge on any atom is -0.382 e. The van der Waals surface area contributed by atoms with Crippen LogP contribution in [0.1, 0.15) is 18.9 Å². The second-order valence-corrected chi connectivity index (χ2v) is 4.22. The molecule has 7 heteroatoms. The summed E-state index contributed by atoms with van der Waals surface area (Å²) in [7, 11) is 0. The van der Waals surface area contributed by atoms with Gasteiger partial charge in [0.2, 0.25) is 0 Å². The van der Waals surface area contributed by atoms with Crippen LogP contribution < -0.4 is 5.73 Å². The Hall–Kier alpha value is -2.05. The highest BCUT2D eigenvalue weighted by Crippen LogP contribution is 2.38. The lowest BCUT2D eigenvalue weighted by molar-refractivity contribution is 0.462. The molecule has 0 saturated heterocycles. The molecule has 1 atom stereocenters. The predicted molar refractivity (Wildman–Crippen MR) is 62.1 cm³/mol. The van der Waals surface area contributed by atoms with Crippen LogP contribution in [0.25, 0.3) is 11.2 Å². The average molecular weight is 251 g/mol. The van der Waals surface area contributed by atoms with E-state index in [0.29, 0.717) is 24.0 Å². The van der Waals surface area contributed by atoms with Crippen molar-refractivity contribution in [1.82, 2.24) is 19.5 Å². The fourth-order valence-corrected chi connectivity index (χ4v) is 2.28. The van der Waals surface area contributed by atoms with E-state index < -0.39 is 18.5 Å². The maximum absolute atomic E-state index is 14.0. The fourth-order valence-electron chi connectivity index (χ4n) is 2.28. The first-order valence-corrected chi connectivity index (χ1v) is 5.58. The fraction of sp³-hybridized carbons (Fsp3) is 0.364. The smallest absolute Gasteiger partial charge is 0.166 e. The SMILES string of the molecule is Nc1ncnc2c1ncn2C1CCC(CF)=C1F. The molecule has 3 rings (SSSR count). The predicted octanol–water partition coefficient (Wildman–Crippen LogP) is 1.94. The van der Waals surface area contributed by atoms with Crippen molar-refractivity contribution < 1.29 is 8.78 Å². The van der Waals surface area contributed by atoms with Crippen LogP contribution in [0.3, 0.4) is 0 Å². The Morgan fingerprint density at radius 3 is 2.94 bits per heavy atom. The van der Waals surface area contributed by atoms with Crippen molar-refractivity contribution in [3.63, 3.8) is 0 Å².